The van der Waals surface area contributed by atoms with E-state index in [9.17, 15) is 9.18 Å². The largest absolute Gasteiger partial charge is 0.368 e. The summed E-state index contributed by atoms with van der Waals surface area (Å²) in [5.74, 6) is -0.370. The molecule has 1 fully saturated rings. The monoisotopic (exact) mass is 390 g/mol. The second kappa shape index (κ2) is 8.31. The number of halogens is 1. The van der Waals surface area contributed by atoms with Crippen LogP contribution < -0.4 is 10.2 Å². The van der Waals surface area contributed by atoms with Crippen LogP contribution in [0.1, 0.15) is 16.1 Å². The number of pyridine rings is 1. The zero-order valence-electron chi connectivity index (χ0n) is 16.3. The molecule has 0 saturated carbocycles. The molecular weight excluding hydrogens is 367 g/mol. The van der Waals surface area contributed by atoms with Crippen LogP contribution in [-0.2, 0) is 0 Å². The van der Waals surface area contributed by atoms with Crippen molar-refractivity contribution in [3.05, 3.63) is 83.9 Å². The molecule has 0 atom stereocenters. The number of amides is 1. The van der Waals surface area contributed by atoms with Gasteiger partial charge in [-0.15, -0.1) is 0 Å². The van der Waals surface area contributed by atoms with Gasteiger partial charge in [-0.25, -0.2) is 9.37 Å². The number of anilines is 3. The molecule has 0 unspecified atom stereocenters. The zero-order valence-corrected chi connectivity index (χ0v) is 16.3. The molecule has 2 heterocycles. The lowest BCUT2D eigenvalue weighted by molar-refractivity contribution is 0.0741. The van der Waals surface area contributed by atoms with Crippen molar-refractivity contribution >= 4 is 23.0 Å². The van der Waals surface area contributed by atoms with Crippen LogP contribution in [0, 0.1) is 12.7 Å². The minimum Gasteiger partial charge on any atom is -0.368 e. The predicted octanol–water partition coefficient (Wildman–Crippen LogP) is 4.24. The molecule has 6 heteroatoms. The van der Waals surface area contributed by atoms with E-state index in [4.69, 9.17) is 0 Å². The van der Waals surface area contributed by atoms with Gasteiger partial charge in [0.1, 0.15) is 11.5 Å². The number of benzene rings is 2. The van der Waals surface area contributed by atoms with Crippen molar-refractivity contribution in [2.75, 3.05) is 36.4 Å². The highest BCUT2D eigenvalue weighted by atomic mass is 19.1. The number of hydrogen-bond donors (Lipinski definition) is 1. The number of nitrogens with zero attached hydrogens (tertiary/aromatic N) is 3. The van der Waals surface area contributed by atoms with E-state index in [2.05, 4.69) is 46.4 Å². The van der Waals surface area contributed by atoms with Gasteiger partial charge in [0, 0.05) is 37.6 Å². The zero-order chi connectivity index (χ0) is 20.2. The molecule has 1 saturated heterocycles. The molecule has 0 radical (unpaired) electrons. The van der Waals surface area contributed by atoms with Gasteiger partial charge >= 0.3 is 0 Å². The van der Waals surface area contributed by atoms with Gasteiger partial charge in [-0.3, -0.25) is 4.79 Å². The molecule has 1 aliphatic heterocycles. The Morgan fingerprint density at radius 2 is 1.76 bits per heavy atom. The van der Waals surface area contributed by atoms with Gasteiger partial charge in [-0.05, 0) is 55.0 Å². The number of piperazine rings is 1. The Kier molecular flexibility index (Phi) is 5.42. The Labute approximate surface area is 169 Å². The molecule has 3 aromatic rings. The minimum atomic E-state index is -0.306. The smallest absolute Gasteiger partial charge is 0.272 e. The maximum atomic E-state index is 13.3. The van der Waals surface area contributed by atoms with E-state index in [1.54, 1.807) is 30.5 Å². The van der Waals surface area contributed by atoms with Crippen molar-refractivity contribution < 1.29 is 9.18 Å². The van der Waals surface area contributed by atoms with Crippen LogP contribution in [0.15, 0.2) is 66.9 Å². The Morgan fingerprint density at radius 1 is 0.966 bits per heavy atom. The summed E-state index contributed by atoms with van der Waals surface area (Å²) in [4.78, 5) is 21.2. The molecule has 148 valence electrons. The van der Waals surface area contributed by atoms with Gasteiger partial charge < -0.3 is 15.1 Å². The van der Waals surface area contributed by atoms with Crippen LogP contribution in [0.3, 0.4) is 0 Å². The van der Waals surface area contributed by atoms with Gasteiger partial charge in [-0.2, -0.15) is 0 Å². The quantitative estimate of drug-likeness (QED) is 0.724. The van der Waals surface area contributed by atoms with Crippen molar-refractivity contribution in [3.8, 4) is 0 Å². The van der Waals surface area contributed by atoms with Gasteiger partial charge in [0.15, 0.2) is 0 Å². The van der Waals surface area contributed by atoms with Gasteiger partial charge in [-0.1, -0.05) is 18.2 Å². The average Bonchev–Trinajstić information content (AvgIpc) is 2.74. The fraction of sp³-hybridized carbons (Fsp3) is 0.217. The number of rotatable bonds is 4. The third kappa shape index (κ3) is 4.54. The lowest BCUT2D eigenvalue weighted by atomic mass is 10.2. The number of hydrogen-bond acceptors (Lipinski definition) is 4. The van der Waals surface area contributed by atoms with Crippen molar-refractivity contribution in [3.63, 3.8) is 0 Å². The molecule has 1 aromatic heterocycles. The summed E-state index contributed by atoms with van der Waals surface area (Å²) in [6.45, 7) is 5.01. The lowest BCUT2D eigenvalue weighted by Gasteiger charge is -2.36. The van der Waals surface area contributed by atoms with E-state index >= 15 is 0 Å². The number of nitrogens with one attached hydrogen (secondary N) is 1. The molecule has 4 rings (SSSR count). The first-order valence-corrected chi connectivity index (χ1v) is 9.68. The molecule has 1 amide bonds. The number of aromatic nitrogens is 1. The van der Waals surface area contributed by atoms with Crippen LogP contribution in [0.25, 0.3) is 0 Å². The topological polar surface area (TPSA) is 48.5 Å². The first-order chi connectivity index (χ1) is 14.1. The Morgan fingerprint density at radius 3 is 2.45 bits per heavy atom. The molecule has 5 nitrogen and oxygen atoms in total. The lowest BCUT2D eigenvalue weighted by Crippen LogP contribution is -2.49. The number of carbonyl (C=O) groups is 1. The maximum Gasteiger partial charge on any atom is 0.272 e. The molecule has 0 spiro atoms. The van der Waals surface area contributed by atoms with E-state index in [0.717, 1.165) is 13.1 Å². The Balaban J connectivity index is 1.36. The molecule has 29 heavy (non-hydrogen) atoms. The van der Waals surface area contributed by atoms with E-state index < -0.39 is 0 Å². The first-order valence-electron chi connectivity index (χ1n) is 9.68. The number of carbonyl (C=O) groups excluding carboxylic acids is 1. The second-order valence-corrected chi connectivity index (χ2v) is 7.19. The fourth-order valence-corrected chi connectivity index (χ4v) is 3.48. The highest BCUT2D eigenvalue weighted by molar-refractivity contribution is 5.92. The molecule has 2 aromatic carbocycles. The highest BCUT2D eigenvalue weighted by Gasteiger charge is 2.23. The Hall–Kier alpha value is -3.41. The Bertz CT molecular complexity index is 998. The van der Waals surface area contributed by atoms with E-state index in [0.29, 0.717) is 30.2 Å². The standard InChI is InChI=1S/C23H23FN4O/c1-17-4-2-7-21(14-17)27-10-12-28(13-11-27)23(29)22-9-8-20(16-25-22)26-19-6-3-5-18(24)15-19/h2-9,14-16,26H,10-13H2,1H3. The summed E-state index contributed by atoms with van der Waals surface area (Å²) in [5.41, 5.74) is 4.19. The van der Waals surface area contributed by atoms with Crippen LogP contribution in [0.2, 0.25) is 0 Å². The molecule has 0 bridgehead atoms. The second-order valence-electron chi connectivity index (χ2n) is 7.19. The summed E-state index contributed by atoms with van der Waals surface area (Å²) in [6, 6.07) is 18.1. The predicted molar refractivity (Wildman–Crippen MR) is 113 cm³/mol. The third-order valence-corrected chi connectivity index (χ3v) is 5.03. The fourth-order valence-electron chi connectivity index (χ4n) is 3.48. The van der Waals surface area contributed by atoms with E-state index in [-0.39, 0.29) is 11.7 Å². The van der Waals surface area contributed by atoms with Crippen LogP contribution in [0.5, 0.6) is 0 Å². The van der Waals surface area contributed by atoms with Crippen molar-refractivity contribution in [1.82, 2.24) is 9.88 Å². The molecule has 1 N–H and O–H groups in total. The van der Waals surface area contributed by atoms with Crippen LogP contribution >= 0.6 is 0 Å². The van der Waals surface area contributed by atoms with Gasteiger partial charge in [0.05, 0.1) is 11.9 Å². The van der Waals surface area contributed by atoms with Crippen molar-refractivity contribution in [2.45, 2.75) is 6.92 Å². The maximum absolute atomic E-state index is 13.3. The normalized spacial score (nSPS) is 14.0. The summed E-state index contributed by atoms with van der Waals surface area (Å²) >= 11 is 0. The van der Waals surface area contributed by atoms with E-state index in [1.807, 2.05) is 4.90 Å². The molecule has 1 aliphatic rings. The first kappa shape index (κ1) is 18.9. The minimum absolute atomic E-state index is 0.0637. The van der Waals surface area contributed by atoms with Gasteiger partial charge in [0.25, 0.3) is 5.91 Å². The summed E-state index contributed by atoms with van der Waals surface area (Å²) in [6.07, 6.45) is 1.60. The summed E-state index contributed by atoms with van der Waals surface area (Å²) in [5, 5.41) is 3.08. The van der Waals surface area contributed by atoms with Crippen LogP contribution in [-0.4, -0.2) is 42.0 Å². The van der Waals surface area contributed by atoms with Crippen molar-refractivity contribution in [1.29, 1.82) is 0 Å². The highest BCUT2D eigenvalue weighted by Crippen LogP contribution is 2.20. The van der Waals surface area contributed by atoms with E-state index in [1.165, 1.54) is 23.4 Å². The number of aryl methyl sites for hydroxylation is 1. The van der Waals surface area contributed by atoms with Gasteiger partial charge in [0.2, 0.25) is 0 Å². The van der Waals surface area contributed by atoms with Crippen LogP contribution in [0.4, 0.5) is 21.5 Å². The average molecular weight is 390 g/mol. The molecular formula is C23H23FN4O. The summed E-state index contributed by atoms with van der Waals surface area (Å²) in [7, 11) is 0. The summed E-state index contributed by atoms with van der Waals surface area (Å²) < 4.78 is 13.3. The third-order valence-electron chi connectivity index (χ3n) is 5.03. The SMILES string of the molecule is Cc1cccc(N2CCN(C(=O)c3ccc(Nc4cccc(F)c4)cn3)CC2)c1. The molecule has 0 aliphatic carbocycles. The van der Waals surface area contributed by atoms with Crippen molar-refractivity contribution in [2.24, 2.45) is 0 Å².